The maximum absolute atomic E-state index is 12.4. The largest absolute Gasteiger partial charge is 0.472 e. The van der Waals surface area contributed by atoms with Crippen LogP contribution in [0.4, 0.5) is 0 Å². The highest BCUT2D eigenvalue weighted by molar-refractivity contribution is 7.47. The van der Waals surface area contributed by atoms with Gasteiger partial charge in [-0.2, -0.15) is 0 Å². The maximum Gasteiger partial charge on any atom is 0.472 e. The molecule has 0 radical (unpaired) electrons. The van der Waals surface area contributed by atoms with Gasteiger partial charge in [0.25, 0.3) is 0 Å². The number of phosphoric acid groups is 1. The topological polar surface area (TPSA) is 74.2 Å². The molecule has 0 amide bonds. The van der Waals surface area contributed by atoms with E-state index < -0.39 is 7.82 Å². The van der Waals surface area contributed by atoms with Gasteiger partial charge in [-0.1, -0.05) is 103 Å². The van der Waals surface area contributed by atoms with E-state index in [2.05, 4.69) is 21.0 Å². The van der Waals surface area contributed by atoms with Crippen LogP contribution >= 0.6 is 7.82 Å². The molecule has 1 aliphatic heterocycles. The summed E-state index contributed by atoms with van der Waals surface area (Å²) in [5, 5.41) is 0. The van der Waals surface area contributed by atoms with Crippen molar-refractivity contribution in [2.45, 2.75) is 141 Å². The summed E-state index contributed by atoms with van der Waals surface area (Å²) < 4.78 is 35.2. The molecule has 3 unspecified atom stereocenters. The summed E-state index contributed by atoms with van der Waals surface area (Å²) in [4.78, 5) is 10.2. The van der Waals surface area contributed by atoms with E-state index in [9.17, 15) is 9.46 Å². The van der Waals surface area contributed by atoms with E-state index in [0.717, 1.165) is 43.3 Å². The minimum atomic E-state index is -4.11. The summed E-state index contributed by atoms with van der Waals surface area (Å²) in [6.07, 6.45) is 23.5. The molecule has 1 saturated heterocycles. The van der Waals surface area contributed by atoms with Gasteiger partial charge < -0.3 is 18.9 Å². The molecule has 1 aliphatic rings. The van der Waals surface area contributed by atoms with Crippen LogP contribution in [0.2, 0.25) is 0 Å². The second-order valence-electron chi connectivity index (χ2n) is 12.0. The van der Waals surface area contributed by atoms with Gasteiger partial charge in [-0.05, 0) is 19.3 Å². The van der Waals surface area contributed by atoms with E-state index in [1.165, 1.54) is 96.3 Å². The van der Waals surface area contributed by atoms with Gasteiger partial charge in [0.15, 0.2) is 0 Å². The van der Waals surface area contributed by atoms with Crippen molar-refractivity contribution in [3.8, 4) is 0 Å². The molecule has 1 N–H and O–H groups in total. The molecule has 0 aliphatic carbocycles. The lowest BCUT2D eigenvalue weighted by Crippen LogP contribution is -2.40. The molecule has 0 bridgehead atoms. The van der Waals surface area contributed by atoms with Crippen molar-refractivity contribution < 1.29 is 32.5 Å². The quantitative estimate of drug-likeness (QED) is 0.0687. The highest BCUT2D eigenvalue weighted by atomic mass is 31.2. The first-order valence-corrected chi connectivity index (χ1v) is 17.4. The SMILES string of the molecule is CCCCCCCCCCCCCCCCCCOCC(COP(=O)(O)OC1CCC[N+](C)(C)CC1)OC. The molecule has 1 fully saturated rings. The number of methoxy groups -OCH3 is 1. The van der Waals surface area contributed by atoms with Gasteiger partial charge in [0.05, 0.1) is 46.5 Å². The van der Waals surface area contributed by atoms with Crippen molar-refractivity contribution in [3.63, 3.8) is 0 Å². The first-order chi connectivity index (χ1) is 18.3. The third-order valence-corrected chi connectivity index (χ3v) is 8.87. The fourth-order valence-electron chi connectivity index (χ4n) is 5.15. The standard InChI is InChI=1S/C30H62NO6P/c1-5-6-7-8-9-10-11-12-13-14-15-16-17-18-19-20-26-35-27-30(34-4)28-36-38(32,33)37-29-22-21-24-31(2,3)25-23-29/h29-30H,5-28H2,1-4H3/p+1. The number of unbranched alkanes of at least 4 members (excludes halogenated alkanes) is 15. The molecule has 38 heavy (non-hydrogen) atoms. The number of quaternary nitrogens is 1. The summed E-state index contributed by atoms with van der Waals surface area (Å²) in [6, 6.07) is 0. The molecule has 1 rings (SSSR count). The Balaban J connectivity index is 1.94. The molecular weight excluding hydrogens is 501 g/mol. The minimum absolute atomic E-state index is 0.0164. The number of hydrogen-bond donors (Lipinski definition) is 1. The molecule has 0 spiro atoms. The smallest absolute Gasteiger partial charge is 0.379 e. The minimum Gasteiger partial charge on any atom is -0.379 e. The van der Waals surface area contributed by atoms with Crippen molar-refractivity contribution in [1.29, 1.82) is 0 Å². The van der Waals surface area contributed by atoms with Crippen LogP contribution in [-0.4, -0.2) is 75.7 Å². The van der Waals surface area contributed by atoms with Gasteiger partial charge in [0.2, 0.25) is 0 Å². The van der Waals surface area contributed by atoms with Gasteiger partial charge in [-0.15, -0.1) is 0 Å². The van der Waals surface area contributed by atoms with E-state index in [4.69, 9.17) is 18.5 Å². The zero-order chi connectivity index (χ0) is 28.0. The fraction of sp³-hybridized carbons (Fsp3) is 1.00. The van der Waals surface area contributed by atoms with Crippen LogP contribution in [0.15, 0.2) is 0 Å². The number of phosphoric ester groups is 1. The number of likely N-dealkylation sites (tertiary alicyclic amines) is 1. The van der Waals surface area contributed by atoms with Crippen molar-refractivity contribution in [1.82, 2.24) is 0 Å². The number of hydrogen-bond acceptors (Lipinski definition) is 5. The highest BCUT2D eigenvalue weighted by Crippen LogP contribution is 2.46. The van der Waals surface area contributed by atoms with Crippen LogP contribution < -0.4 is 0 Å². The van der Waals surface area contributed by atoms with Crippen LogP contribution in [0, 0.1) is 0 Å². The summed E-state index contributed by atoms with van der Waals surface area (Å²) in [5.41, 5.74) is 0. The number of ether oxygens (including phenoxy) is 2. The third-order valence-electron chi connectivity index (χ3n) is 7.83. The molecule has 0 aromatic heterocycles. The predicted octanol–water partition coefficient (Wildman–Crippen LogP) is 8.04. The second-order valence-corrected chi connectivity index (χ2v) is 13.4. The van der Waals surface area contributed by atoms with Crippen LogP contribution in [-0.2, 0) is 23.1 Å². The van der Waals surface area contributed by atoms with Gasteiger partial charge in [0.1, 0.15) is 6.10 Å². The highest BCUT2D eigenvalue weighted by Gasteiger charge is 2.31. The monoisotopic (exact) mass is 564 g/mol. The summed E-state index contributed by atoms with van der Waals surface area (Å²) in [6.45, 7) is 5.28. The fourth-order valence-corrected chi connectivity index (χ4v) is 6.15. The van der Waals surface area contributed by atoms with Gasteiger partial charge in [-0.25, -0.2) is 4.57 Å². The molecule has 0 aromatic rings. The normalized spacial score (nSPS) is 20.2. The summed E-state index contributed by atoms with van der Waals surface area (Å²) in [5.74, 6) is 0. The van der Waals surface area contributed by atoms with Crippen molar-refractivity contribution in [3.05, 3.63) is 0 Å². The van der Waals surface area contributed by atoms with Gasteiger partial charge in [-0.3, -0.25) is 9.05 Å². The zero-order valence-corrected chi connectivity index (χ0v) is 26.4. The molecular formula is C30H63NO6P+. The van der Waals surface area contributed by atoms with Crippen LogP contribution in [0.3, 0.4) is 0 Å². The Morgan fingerprint density at radius 1 is 0.789 bits per heavy atom. The molecule has 228 valence electrons. The van der Waals surface area contributed by atoms with Crippen LogP contribution in [0.25, 0.3) is 0 Å². The average Bonchev–Trinajstić information content (AvgIpc) is 3.04. The van der Waals surface area contributed by atoms with Gasteiger partial charge >= 0.3 is 7.82 Å². The van der Waals surface area contributed by atoms with E-state index in [1.54, 1.807) is 7.11 Å². The van der Waals surface area contributed by atoms with Crippen molar-refractivity contribution >= 4 is 7.82 Å². The summed E-state index contributed by atoms with van der Waals surface area (Å²) in [7, 11) is 1.82. The summed E-state index contributed by atoms with van der Waals surface area (Å²) >= 11 is 0. The Hall–Kier alpha value is -0.0100. The third kappa shape index (κ3) is 20.8. The van der Waals surface area contributed by atoms with Gasteiger partial charge in [0, 0.05) is 20.1 Å². The van der Waals surface area contributed by atoms with Crippen molar-refractivity contribution in [2.75, 3.05) is 54.1 Å². The number of rotatable bonds is 25. The molecule has 7 nitrogen and oxygen atoms in total. The Morgan fingerprint density at radius 3 is 1.84 bits per heavy atom. The lowest BCUT2D eigenvalue weighted by molar-refractivity contribution is -0.889. The van der Waals surface area contributed by atoms with E-state index in [0.29, 0.717) is 13.2 Å². The second kappa shape index (κ2) is 22.7. The first kappa shape index (κ1) is 36.0. The van der Waals surface area contributed by atoms with E-state index in [1.807, 2.05) is 0 Å². The van der Waals surface area contributed by atoms with E-state index >= 15 is 0 Å². The molecule has 8 heteroatoms. The van der Waals surface area contributed by atoms with Crippen LogP contribution in [0.1, 0.15) is 129 Å². The molecule has 1 heterocycles. The zero-order valence-electron chi connectivity index (χ0n) is 25.5. The molecule has 0 aromatic carbocycles. The average molecular weight is 565 g/mol. The Morgan fingerprint density at radius 2 is 1.32 bits per heavy atom. The maximum atomic E-state index is 12.4. The lowest BCUT2D eigenvalue weighted by Gasteiger charge is -2.28. The van der Waals surface area contributed by atoms with Crippen molar-refractivity contribution in [2.24, 2.45) is 0 Å². The van der Waals surface area contributed by atoms with E-state index in [-0.39, 0.29) is 18.8 Å². The molecule has 3 atom stereocenters. The Labute approximate surface area is 235 Å². The number of nitrogens with zero attached hydrogens (tertiary/aromatic N) is 1. The Bertz CT molecular complexity index is 591. The van der Waals surface area contributed by atoms with Crippen LogP contribution in [0.5, 0.6) is 0 Å². The Kier molecular flexibility index (Phi) is 21.5. The lowest BCUT2D eigenvalue weighted by atomic mass is 10.0. The first-order valence-electron chi connectivity index (χ1n) is 15.9. The molecule has 0 saturated carbocycles. The predicted molar refractivity (Wildman–Crippen MR) is 158 cm³/mol.